The molecule has 2 amide bonds. The Morgan fingerprint density at radius 2 is 1.74 bits per heavy atom. The summed E-state index contributed by atoms with van der Waals surface area (Å²) in [4.78, 5) is 41.0. The van der Waals surface area contributed by atoms with Crippen molar-refractivity contribution >= 4 is 17.8 Å². The first-order valence-corrected chi connectivity index (χ1v) is 11.3. The lowest BCUT2D eigenvalue weighted by Gasteiger charge is -2.25. The van der Waals surface area contributed by atoms with Crippen molar-refractivity contribution in [1.82, 2.24) is 15.6 Å². The molecule has 1 aromatic carbocycles. The molecule has 5 N–H and O–H groups in total. The number of H-pyrrole nitrogens is 1. The van der Waals surface area contributed by atoms with Gasteiger partial charge in [-0.25, -0.2) is 4.79 Å². The fourth-order valence-corrected chi connectivity index (χ4v) is 3.53. The highest BCUT2D eigenvalue weighted by molar-refractivity contribution is 6.05. The molecular weight excluding hydrogens is 454 g/mol. The van der Waals surface area contributed by atoms with Crippen molar-refractivity contribution in [1.29, 1.82) is 0 Å². The van der Waals surface area contributed by atoms with E-state index < -0.39 is 41.3 Å². The number of nitrogens with one attached hydrogen (secondary N) is 3. The van der Waals surface area contributed by atoms with E-state index in [0.717, 1.165) is 0 Å². The van der Waals surface area contributed by atoms with Crippen LogP contribution in [0.2, 0.25) is 0 Å². The van der Waals surface area contributed by atoms with E-state index in [1.165, 1.54) is 14.0 Å². The van der Waals surface area contributed by atoms with Gasteiger partial charge in [-0.15, -0.1) is 0 Å². The van der Waals surface area contributed by atoms with Crippen molar-refractivity contribution in [2.45, 2.75) is 65.6 Å². The zero-order valence-corrected chi connectivity index (χ0v) is 21.2. The molecule has 10 nitrogen and oxygen atoms in total. The molecule has 0 aliphatic heterocycles. The van der Waals surface area contributed by atoms with Crippen LogP contribution in [-0.2, 0) is 9.53 Å². The number of hydrogen-bond donors (Lipinski definition) is 5. The first kappa shape index (κ1) is 27.6. The zero-order valence-electron chi connectivity index (χ0n) is 21.2. The van der Waals surface area contributed by atoms with E-state index in [1.54, 1.807) is 58.9 Å². The van der Waals surface area contributed by atoms with Gasteiger partial charge in [-0.1, -0.05) is 26.0 Å². The largest absolute Gasteiger partial charge is 0.497 e. The van der Waals surface area contributed by atoms with E-state index in [1.807, 2.05) is 0 Å². The Labute approximate surface area is 205 Å². The number of aromatic hydroxyl groups is 2. The van der Waals surface area contributed by atoms with E-state index in [0.29, 0.717) is 11.3 Å². The maximum Gasteiger partial charge on any atom is 0.408 e. The molecule has 1 aromatic heterocycles. The maximum absolute atomic E-state index is 13.1. The third-order valence-corrected chi connectivity index (χ3v) is 5.29. The Morgan fingerprint density at radius 1 is 1.09 bits per heavy atom. The average molecular weight is 490 g/mol. The molecule has 0 spiro atoms. The molecule has 0 fully saturated rings. The SMILES string of the molecule is COc1cccc([C@H](CC(=O)N[C@H](C(=O)c2c(O)[nH]c(O)c2C)C(C)C)NC(=O)OC(C)(C)C)c1. The molecule has 0 radical (unpaired) electrons. The summed E-state index contributed by atoms with van der Waals surface area (Å²) in [5, 5.41) is 25.3. The van der Waals surface area contributed by atoms with Gasteiger partial charge in [0.25, 0.3) is 0 Å². The van der Waals surface area contributed by atoms with Gasteiger partial charge in [0.15, 0.2) is 11.7 Å². The third kappa shape index (κ3) is 7.40. The molecule has 0 aliphatic rings. The van der Waals surface area contributed by atoms with E-state index in [2.05, 4.69) is 15.6 Å². The topological polar surface area (TPSA) is 150 Å². The van der Waals surface area contributed by atoms with Crippen LogP contribution in [0.5, 0.6) is 17.5 Å². The Bertz CT molecular complexity index is 1070. The predicted molar refractivity (Wildman–Crippen MR) is 130 cm³/mol. The normalized spacial score (nSPS) is 13.1. The number of aromatic amines is 1. The minimum atomic E-state index is -0.977. The second-order valence-corrected chi connectivity index (χ2v) is 9.66. The van der Waals surface area contributed by atoms with Gasteiger partial charge in [0.2, 0.25) is 11.8 Å². The number of rotatable bonds is 9. The molecule has 0 aliphatic carbocycles. The lowest BCUT2D eigenvalue weighted by atomic mass is 9.93. The molecule has 2 aromatic rings. The summed E-state index contributed by atoms with van der Waals surface area (Å²) in [5.74, 6) is -1.61. The number of aromatic nitrogens is 1. The molecule has 2 atom stereocenters. The van der Waals surface area contributed by atoms with Crippen LogP contribution in [0.3, 0.4) is 0 Å². The highest BCUT2D eigenvalue weighted by Gasteiger charge is 2.32. The number of benzene rings is 1. The van der Waals surface area contributed by atoms with Gasteiger partial charge < -0.3 is 30.3 Å². The molecule has 10 heteroatoms. The summed E-state index contributed by atoms with van der Waals surface area (Å²) < 4.78 is 10.6. The van der Waals surface area contributed by atoms with Gasteiger partial charge in [0, 0.05) is 5.56 Å². The Balaban J connectivity index is 2.27. The molecule has 2 rings (SSSR count). The summed E-state index contributed by atoms with van der Waals surface area (Å²) >= 11 is 0. The lowest BCUT2D eigenvalue weighted by Crippen LogP contribution is -2.46. The quantitative estimate of drug-likeness (QED) is 0.337. The molecule has 192 valence electrons. The molecule has 0 saturated carbocycles. The van der Waals surface area contributed by atoms with Crippen molar-refractivity contribution in [3.05, 3.63) is 41.0 Å². The van der Waals surface area contributed by atoms with Crippen LogP contribution in [-0.4, -0.2) is 51.7 Å². The molecule has 0 unspecified atom stereocenters. The lowest BCUT2D eigenvalue weighted by molar-refractivity contribution is -0.122. The van der Waals surface area contributed by atoms with E-state index in [4.69, 9.17) is 9.47 Å². The number of carbonyl (C=O) groups excluding carboxylic acids is 3. The molecular formula is C25H35N3O7. The third-order valence-electron chi connectivity index (χ3n) is 5.29. The number of ketones is 1. The van der Waals surface area contributed by atoms with Crippen LogP contribution in [0.1, 0.15) is 68.6 Å². The minimum absolute atomic E-state index is 0.0854. The van der Waals surface area contributed by atoms with E-state index >= 15 is 0 Å². The Hall–Kier alpha value is -3.69. The van der Waals surface area contributed by atoms with Crippen molar-refractivity contribution in [3.8, 4) is 17.5 Å². The first-order chi connectivity index (χ1) is 16.2. The Morgan fingerprint density at radius 3 is 2.26 bits per heavy atom. The molecule has 0 saturated heterocycles. The predicted octanol–water partition coefficient (Wildman–Crippen LogP) is 3.72. The number of ether oxygens (including phenoxy) is 2. The van der Waals surface area contributed by atoms with Gasteiger partial charge >= 0.3 is 6.09 Å². The van der Waals surface area contributed by atoms with Crippen LogP contribution in [0.4, 0.5) is 4.79 Å². The second-order valence-electron chi connectivity index (χ2n) is 9.66. The van der Waals surface area contributed by atoms with Gasteiger partial charge in [0.05, 0.1) is 31.2 Å². The van der Waals surface area contributed by atoms with E-state index in [9.17, 15) is 24.6 Å². The summed E-state index contributed by atoms with van der Waals surface area (Å²) in [6.45, 7) is 10.2. The molecule has 35 heavy (non-hydrogen) atoms. The van der Waals surface area contributed by atoms with Crippen molar-refractivity contribution in [2.75, 3.05) is 7.11 Å². The summed E-state index contributed by atoms with van der Waals surface area (Å²) in [6, 6.07) is 5.17. The van der Waals surface area contributed by atoms with Crippen molar-refractivity contribution in [2.24, 2.45) is 5.92 Å². The van der Waals surface area contributed by atoms with Gasteiger partial charge in [-0.05, 0) is 51.3 Å². The maximum atomic E-state index is 13.1. The zero-order chi connectivity index (χ0) is 26.5. The van der Waals surface area contributed by atoms with Gasteiger partial charge in [-0.3, -0.25) is 14.6 Å². The van der Waals surface area contributed by atoms with Gasteiger partial charge in [0.1, 0.15) is 11.4 Å². The fourth-order valence-electron chi connectivity index (χ4n) is 3.53. The monoisotopic (exact) mass is 489 g/mol. The first-order valence-electron chi connectivity index (χ1n) is 11.3. The van der Waals surface area contributed by atoms with Crippen LogP contribution in [0, 0.1) is 12.8 Å². The van der Waals surface area contributed by atoms with Gasteiger partial charge in [-0.2, -0.15) is 0 Å². The highest BCUT2D eigenvalue weighted by atomic mass is 16.6. The van der Waals surface area contributed by atoms with Crippen LogP contribution < -0.4 is 15.4 Å². The standard InChI is InChI=1S/C25H35N3O7/c1-13(2)20(21(30)19-14(3)22(31)28-23(19)32)27-18(29)12-17(26-24(33)35-25(4,5)6)15-9-8-10-16(11-15)34-7/h8-11,13,17,20,28,31-32H,12H2,1-7H3,(H,26,33)(H,27,29)/t17-,20-/m0/s1. The van der Waals surface area contributed by atoms with Crippen molar-refractivity contribution < 1.29 is 34.1 Å². The van der Waals surface area contributed by atoms with E-state index in [-0.39, 0.29) is 29.3 Å². The molecule has 0 bridgehead atoms. The summed E-state index contributed by atoms with van der Waals surface area (Å²) in [7, 11) is 1.51. The van der Waals surface area contributed by atoms with Crippen molar-refractivity contribution in [3.63, 3.8) is 0 Å². The fraction of sp³-hybridized carbons (Fsp3) is 0.480. The number of hydrogen-bond acceptors (Lipinski definition) is 7. The van der Waals surface area contributed by atoms with Crippen LogP contribution in [0.25, 0.3) is 0 Å². The number of amides is 2. The number of carbonyl (C=O) groups is 3. The smallest absolute Gasteiger partial charge is 0.408 e. The average Bonchev–Trinajstić information content (AvgIpc) is 3.00. The minimum Gasteiger partial charge on any atom is -0.497 e. The number of Topliss-reactive ketones (excluding diaryl/α,β-unsaturated/α-hetero) is 1. The number of methoxy groups -OCH3 is 1. The second kappa shape index (κ2) is 11.2. The summed E-state index contributed by atoms with van der Waals surface area (Å²) in [5.41, 5.74) is -0.0182. The Kier molecular flexibility index (Phi) is 8.78. The summed E-state index contributed by atoms with van der Waals surface area (Å²) in [6.07, 6.45) is -0.885. The van der Waals surface area contributed by atoms with Crippen LogP contribution >= 0.6 is 0 Å². The molecule has 1 heterocycles. The highest BCUT2D eigenvalue weighted by Crippen LogP contribution is 2.30. The van der Waals surface area contributed by atoms with Crippen LogP contribution in [0.15, 0.2) is 24.3 Å². The number of alkyl carbamates (subject to hydrolysis) is 1.